The van der Waals surface area contributed by atoms with Crippen LogP contribution in [0.25, 0.3) is 0 Å². The number of nitrogens with zero attached hydrogens (tertiary/aromatic N) is 3. The fraction of sp³-hybridized carbons (Fsp3) is 0.500. The van der Waals surface area contributed by atoms with Crippen molar-refractivity contribution in [1.82, 2.24) is 21.4 Å². The van der Waals surface area contributed by atoms with E-state index >= 15 is 0 Å². The first-order valence-corrected chi connectivity index (χ1v) is 4.82. The van der Waals surface area contributed by atoms with E-state index in [-0.39, 0.29) is 0 Å². The van der Waals surface area contributed by atoms with Crippen LogP contribution in [0.1, 0.15) is 20.3 Å². The van der Waals surface area contributed by atoms with Crippen LogP contribution in [0.5, 0.6) is 0 Å². The normalized spacial score (nSPS) is 16.0. The van der Waals surface area contributed by atoms with E-state index in [0.717, 1.165) is 5.71 Å². The number of rotatable bonds is 3. The van der Waals surface area contributed by atoms with Crippen molar-refractivity contribution in [3.05, 3.63) is 0 Å². The van der Waals surface area contributed by atoms with Crippen LogP contribution < -0.4 is 16.4 Å². The van der Waals surface area contributed by atoms with Gasteiger partial charge in [0, 0.05) is 6.21 Å². The number of hydrazine groups is 2. The van der Waals surface area contributed by atoms with Gasteiger partial charge in [0.2, 0.25) is 0 Å². The third-order valence-corrected chi connectivity index (χ3v) is 1.66. The Morgan fingerprint density at radius 3 is 3.19 bits per heavy atom. The highest BCUT2D eigenvalue weighted by Gasteiger charge is 2.18. The Bertz CT molecular complexity index is 337. The van der Waals surface area contributed by atoms with Crippen LogP contribution in [0.2, 0.25) is 0 Å². The standard InChI is InChI=1S/C8H14N6O2/c1-3-4-9-7(15)11-13-14-5-6(2)10-12-8(14)16/h4,13H,3,5H2,1-2H3,(H,11,15)(H,12,16)/b9-4+. The molecule has 1 rings (SSSR count). The van der Waals surface area contributed by atoms with Crippen molar-refractivity contribution in [2.24, 2.45) is 10.1 Å². The first-order chi connectivity index (χ1) is 7.63. The van der Waals surface area contributed by atoms with Gasteiger partial charge >= 0.3 is 12.1 Å². The first kappa shape index (κ1) is 12.1. The van der Waals surface area contributed by atoms with Gasteiger partial charge in [-0.3, -0.25) is 5.43 Å². The van der Waals surface area contributed by atoms with Gasteiger partial charge in [-0.2, -0.15) is 5.10 Å². The summed E-state index contributed by atoms with van der Waals surface area (Å²) in [6.45, 7) is 3.91. The Labute approximate surface area is 92.7 Å². The number of hydrogen-bond donors (Lipinski definition) is 3. The molecule has 0 aromatic carbocycles. The summed E-state index contributed by atoms with van der Waals surface area (Å²) >= 11 is 0. The molecule has 16 heavy (non-hydrogen) atoms. The quantitative estimate of drug-likeness (QED) is 0.466. The molecule has 1 heterocycles. The van der Waals surface area contributed by atoms with Crippen molar-refractivity contribution in [2.45, 2.75) is 20.3 Å². The van der Waals surface area contributed by atoms with Gasteiger partial charge in [0.25, 0.3) is 0 Å². The Kier molecular flexibility index (Phi) is 4.40. The monoisotopic (exact) mass is 226 g/mol. The lowest BCUT2D eigenvalue weighted by Crippen LogP contribution is -2.57. The maximum Gasteiger partial charge on any atom is 0.356 e. The molecule has 1 aliphatic heterocycles. The number of carbonyl (C=O) groups excluding carboxylic acids is 2. The second-order valence-electron chi connectivity index (χ2n) is 3.11. The summed E-state index contributed by atoms with van der Waals surface area (Å²) in [6.07, 6.45) is 2.14. The third kappa shape index (κ3) is 3.65. The molecule has 0 fully saturated rings. The molecule has 0 bridgehead atoms. The molecule has 3 N–H and O–H groups in total. The van der Waals surface area contributed by atoms with Gasteiger partial charge < -0.3 is 0 Å². The molecular weight excluding hydrogens is 212 g/mol. The van der Waals surface area contributed by atoms with Crippen molar-refractivity contribution >= 4 is 24.0 Å². The average molecular weight is 226 g/mol. The van der Waals surface area contributed by atoms with Crippen LogP contribution in [0.4, 0.5) is 9.59 Å². The molecule has 0 saturated heterocycles. The molecule has 0 saturated carbocycles. The second-order valence-corrected chi connectivity index (χ2v) is 3.11. The number of aliphatic imine (C=N–C) groups is 1. The predicted molar refractivity (Wildman–Crippen MR) is 58.8 cm³/mol. The lowest BCUT2D eigenvalue weighted by Gasteiger charge is -2.25. The van der Waals surface area contributed by atoms with Crippen LogP contribution >= 0.6 is 0 Å². The number of nitrogens with one attached hydrogen (secondary N) is 3. The van der Waals surface area contributed by atoms with E-state index in [9.17, 15) is 9.59 Å². The summed E-state index contributed by atoms with van der Waals surface area (Å²) in [5.74, 6) is 0. The molecule has 0 spiro atoms. The molecule has 8 heteroatoms. The molecular formula is C8H14N6O2. The minimum Gasteiger partial charge on any atom is -0.253 e. The van der Waals surface area contributed by atoms with Gasteiger partial charge in [0.05, 0.1) is 12.3 Å². The summed E-state index contributed by atoms with van der Waals surface area (Å²) in [5.41, 5.74) is 7.69. The van der Waals surface area contributed by atoms with E-state index in [1.165, 1.54) is 11.2 Å². The Morgan fingerprint density at radius 2 is 2.50 bits per heavy atom. The lowest BCUT2D eigenvalue weighted by atomic mass is 10.4. The van der Waals surface area contributed by atoms with Gasteiger partial charge in [0.15, 0.2) is 0 Å². The largest absolute Gasteiger partial charge is 0.356 e. The number of amides is 4. The van der Waals surface area contributed by atoms with Crippen molar-refractivity contribution in [1.29, 1.82) is 0 Å². The van der Waals surface area contributed by atoms with E-state index in [4.69, 9.17) is 0 Å². The predicted octanol–water partition coefficient (Wildman–Crippen LogP) is -0.00250. The summed E-state index contributed by atoms with van der Waals surface area (Å²) in [7, 11) is 0. The zero-order valence-electron chi connectivity index (χ0n) is 9.15. The van der Waals surface area contributed by atoms with Crippen molar-refractivity contribution in [2.75, 3.05) is 6.54 Å². The third-order valence-electron chi connectivity index (χ3n) is 1.66. The molecule has 88 valence electrons. The topological polar surface area (TPSA) is 98.2 Å². The smallest absolute Gasteiger partial charge is 0.253 e. The van der Waals surface area contributed by atoms with Gasteiger partial charge in [-0.25, -0.2) is 25.0 Å². The zero-order chi connectivity index (χ0) is 12.0. The minimum atomic E-state index is -0.560. The van der Waals surface area contributed by atoms with Crippen LogP contribution in [-0.2, 0) is 0 Å². The average Bonchev–Trinajstić information content (AvgIpc) is 2.27. The summed E-state index contributed by atoms with van der Waals surface area (Å²) < 4.78 is 0. The van der Waals surface area contributed by atoms with Crippen LogP contribution in [0, 0.1) is 0 Å². The number of carbonyl (C=O) groups is 2. The summed E-state index contributed by atoms with van der Waals surface area (Å²) in [4.78, 5) is 25.8. The van der Waals surface area contributed by atoms with Crippen LogP contribution in [0.3, 0.4) is 0 Å². The van der Waals surface area contributed by atoms with Crippen LogP contribution in [-0.4, -0.2) is 35.5 Å². The van der Waals surface area contributed by atoms with E-state index in [1.807, 2.05) is 6.92 Å². The summed E-state index contributed by atoms with van der Waals surface area (Å²) in [6, 6.07) is -1.000. The molecule has 0 unspecified atom stereocenters. The van der Waals surface area contributed by atoms with E-state index < -0.39 is 12.1 Å². The molecule has 0 aromatic rings. The first-order valence-electron chi connectivity index (χ1n) is 4.82. The second kappa shape index (κ2) is 5.81. The highest BCUT2D eigenvalue weighted by molar-refractivity contribution is 5.91. The molecule has 1 aliphatic rings. The van der Waals surface area contributed by atoms with Crippen molar-refractivity contribution < 1.29 is 9.59 Å². The van der Waals surface area contributed by atoms with Gasteiger partial charge in [-0.15, -0.1) is 5.53 Å². The molecule has 0 aromatic heterocycles. The van der Waals surface area contributed by atoms with E-state index in [1.54, 1.807) is 6.92 Å². The number of urea groups is 2. The summed E-state index contributed by atoms with van der Waals surface area (Å²) in [5, 5.41) is 4.91. The van der Waals surface area contributed by atoms with Crippen molar-refractivity contribution in [3.63, 3.8) is 0 Å². The number of hydrogen-bond acceptors (Lipinski definition) is 4. The van der Waals surface area contributed by atoms with E-state index in [0.29, 0.717) is 13.0 Å². The fourth-order valence-electron chi connectivity index (χ4n) is 0.952. The molecule has 8 nitrogen and oxygen atoms in total. The highest BCUT2D eigenvalue weighted by Crippen LogP contribution is 1.92. The minimum absolute atomic E-state index is 0.295. The van der Waals surface area contributed by atoms with Crippen molar-refractivity contribution in [3.8, 4) is 0 Å². The Morgan fingerprint density at radius 1 is 1.75 bits per heavy atom. The Balaban J connectivity index is 2.38. The van der Waals surface area contributed by atoms with Gasteiger partial charge in [0.1, 0.15) is 0 Å². The molecule has 0 aliphatic carbocycles. The van der Waals surface area contributed by atoms with E-state index in [2.05, 4.69) is 26.5 Å². The van der Waals surface area contributed by atoms with Gasteiger partial charge in [-0.05, 0) is 13.3 Å². The molecule has 0 atom stereocenters. The molecule has 0 radical (unpaired) electrons. The maximum atomic E-state index is 11.2. The highest BCUT2D eigenvalue weighted by atomic mass is 16.2. The fourth-order valence-corrected chi connectivity index (χ4v) is 0.952. The maximum absolute atomic E-state index is 11.2. The van der Waals surface area contributed by atoms with Gasteiger partial charge in [-0.1, -0.05) is 6.92 Å². The number of hydrazone groups is 1. The molecule has 4 amide bonds. The zero-order valence-corrected chi connectivity index (χ0v) is 9.15. The lowest BCUT2D eigenvalue weighted by molar-refractivity contribution is 0.163. The van der Waals surface area contributed by atoms with Crippen LogP contribution in [0.15, 0.2) is 10.1 Å². The Hall–Kier alpha value is -1.96. The SMILES string of the molecule is CC/C=N/C(=O)NNN1CC(C)=NNC1=O.